The van der Waals surface area contributed by atoms with Gasteiger partial charge in [-0.15, -0.1) is 11.3 Å². The topological polar surface area (TPSA) is 36.4 Å². The SMILES string of the molecule is Cc1nc(C2(c3ccccc3)CCN(C(=O)C3CCN(C)CC3)CC2)cs1. The van der Waals surface area contributed by atoms with Crippen LogP contribution in [-0.2, 0) is 10.2 Å². The second-order valence-electron chi connectivity index (χ2n) is 8.10. The highest BCUT2D eigenvalue weighted by atomic mass is 32.1. The van der Waals surface area contributed by atoms with E-state index in [1.807, 2.05) is 0 Å². The monoisotopic (exact) mass is 383 g/mol. The normalized spacial score (nSPS) is 21.3. The Balaban J connectivity index is 1.52. The highest BCUT2D eigenvalue weighted by Gasteiger charge is 2.41. The first-order chi connectivity index (χ1) is 13.1. The lowest BCUT2D eigenvalue weighted by atomic mass is 9.70. The van der Waals surface area contributed by atoms with Crippen LogP contribution in [0.5, 0.6) is 0 Å². The summed E-state index contributed by atoms with van der Waals surface area (Å²) in [7, 11) is 2.14. The van der Waals surface area contributed by atoms with E-state index in [0.29, 0.717) is 5.91 Å². The van der Waals surface area contributed by atoms with Crippen molar-refractivity contribution in [1.29, 1.82) is 0 Å². The molecule has 0 radical (unpaired) electrons. The molecule has 1 amide bonds. The third-order valence-corrected chi connectivity index (χ3v) is 7.21. The number of benzene rings is 1. The van der Waals surface area contributed by atoms with Crippen LogP contribution in [0.25, 0.3) is 0 Å². The number of aryl methyl sites for hydroxylation is 1. The van der Waals surface area contributed by atoms with Crippen molar-refractivity contribution in [2.45, 2.75) is 38.0 Å². The van der Waals surface area contributed by atoms with E-state index in [9.17, 15) is 4.79 Å². The standard InChI is InChI=1S/C22H29N3OS/c1-17-23-20(16-27-17)22(19-6-4-3-5-7-19)10-14-25(15-11-22)21(26)18-8-12-24(2)13-9-18/h3-7,16,18H,8-15H2,1-2H3. The van der Waals surface area contributed by atoms with Crippen molar-refractivity contribution in [2.24, 2.45) is 5.92 Å². The fourth-order valence-electron chi connectivity index (χ4n) is 4.66. The summed E-state index contributed by atoms with van der Waals surface area (Å²) in [6, 6.07) is 10.8. The predicted molar refractivity (Wildman–Crippen MR) is 110 cm³/mol. The maximum atomic E-state index is 13.0. The highest BCUT2D eigenvalue weighted by Crippen LogP contribution is 2.42. The molecule has 5 heteroatoms. The van der Waals surface area contributed by atoms with Gasteiger partial charge in [0.2, 0.25) is 5.91 Å². The van der Waals surface area contributed by atoms with Gasteiger partial charge in [-0.3, -0.25) is 4.79 Å². The first-order valence-electron chi connectivity index (χ1n) is 10.0. The average Bonchev–Trinajstić information content (AvgIpc) is 3.16. The molecule has 144 valence electrons. The van der Waals surface area contributed by atoms with E-state index < -0.39 is 0 Å². The molecule has 1 aromatic heterocycles. The molecule has 4 nitrogen and oxygen atoms in total. The number of aromatic nitrogens is 1. The third kappa shape index (κ3) is 3.67. The fraction of sp³-hybridized carbons (Fsp3) is 0.545. The zero-order valence-corrected chi connectivity index (χ0v) is 17.2. The van der Waals surface area contributed by atoms with E-state index in [1.54, 1.807) is 11.3 Å². The summed E-state index contributed by atoms with van der Waals surface area (Å²) in [4.78, 5) is 22.3. The molecule has 0 bridgehead atoms. The van der Waals surface area contributed by atoms with Crippen LogP contribution < -0.4 is 0 Å². The van der Waals surface area contributed by atoms with Crippen LogP contribution in [0.3, 0.4) is 0 Å². The molecule has 0 saturated carbocycles. The lowest BCUT2D eigenvalue weighted by Gasteiger charge is -2.43. The van der Waals surface area contributed by atoms with E-state index >= 15 is 0 Å². The molecule has 1 aromatic carbocycles. The molecule has 0 N–H and O–H groups in total. The van der Waals surface area contributed by atoms with Gasteiger partial charge in [0.1, 0.15) is 0 Å². The van der Waals surface area contributed by atoms with Crippen LogP contribution in [0, 0.1) is 12.8 Å². The molecule has 2 aliphatic heterocycles. The molecule has 0 atom stereocenters. The van der Waals surface area contributed by atoms with Crippen molar-refractivity contribution in [3.63, 3.8) is 0 Å². The lowest BCUT2D eigenvalue weighted by molar-refractivity contribution is -0.138. The lowest BCUT2D eigenvalue weighted by Crippen LogP contribution is -2.49. The van der Waals surface area contributed by atoms with E-state index in [1.165, 1.54) is 11.3 Å². The Morgan fingerprint density at radius 2 is 1.78 bits per heavy atom. The number of likely N-dealkylation sites (tertiary alicyclic amines) is 2. The molecule has 0 aliphatic carbocycles. The number of amides is 1. The minimum absolute atomic E-state index is 0.0599. The number of nitrogens with zero attached hydrogens (tertiary/aromatic N) is 3. The van der Waals surface area contributed by atoms with Crippen molar-refractivity contribution >= 4 is 17.2 Å². The van der Waals surface area contributed by atoms with Crippen molar-refractivity contribution in [2.75, 3.05) is 33.2 Å². The highest BCUT2D eigenvalue weighted by molar-refractivity contribution is 7.09. The first kappa shape index (κ1) is 18.6. The van der Waals surface area contributed by atoms with Crippen LogP contribution in [0.4, 0.5) is 0 Å². The first-order valence-corrected chi connectivity index (χ1v) is 10.9. The van der Waals surface area contributed by atoms with Gasteiger partial charge < -0.3 is 9.80 Å². The van der Waals surface area contributed by atoms with E-state index in [4.69, 9.17) is 4.98 Å². The Kier molecular flexibility index (Phi) is 5.33. The Morgan fingerprint density at radius 1 is 1.11 bits per heavy atom. The van der Waals surface area contributed by atoms with Gasteiger partial charge in [0.05, 0.1) is 10.7 Å². The predicted octanol–water partition coefficient (Wildman–Crippen LogP) is 3.70. The zero-order valence-electron chi connectivity index (χ0n) is 16.4. The summed E-state index contributed by atoms with van der Waals surface area (Å²) < 4.78 is 0. The summed E-state index contributed by atoms with van der Waals surface area (Å²) in [5.41, 5.74) is 2.46. The van der Waals surface area contributed by atoms with Gasteiger partial charge in [-0.2, -0.15) is 0 Å². The van der Waals surface area contributed by atoms with Crippen molar-refractivity contribution in [3.8, 4) is 0 Å². The van der Waals surface area contributed by atoms with E-state index in [-0.39, 0.29) is 11.3 Å². The second-order valence-corrected chi connectivity index (χ2v) is 9.16. The maximum absolute atomic E-state index is 13.0. The molecule has 0 unspecified atom stereocenters. The van der Waals surface area contributed by atoms with Crippen LogP contribution in [0.2, 0.25) is 0 Å². The Bertz CT molecular complexity index is 772. The minimum atomic E-state index is -0.0599. The van der Waals surface area contributed by atoms with E-state index in [0.717, 1.165) is 56.9 Å². The van der Waals surface area contributed by atoms with Gasteiger partial charge in [0.25, 0.3) is 0 Å². The van der Waals surface area contributed by atoms with Gasteiger partial charge >= 0.3 is 0 Å². The third-order valence-electron chi connectivity index (χ3n) is 6.43. The Labute approximate surface area is 166 Å². The minimum Gasteiger partial charge on any atom is -0.342 e. The average molecular weight is 384 g/mol. The summed E-state index contributed by atoms with van der Waals surface area (Å²) in [5.74, 6) is 0.589. The summed E-state index contributed by atoms with van der Waals surface area (Å²) in [6.45, 7) is 5.81. The molecular weight excluding hydrogens is 354 g/mol. The number of piperidine rings is 2. The molecule has 2 aromatic rings. The van der Waals surface area contributed by atoms with Gasteiger partial charge in [-0.1, -0.05) is 30.3 Å². The van der Waals surface area contributed by atoms with Gasteiger partial charge in [0, 0.05) is 29.8 Å². The summed E-state index contributed by atoms with van der Waals surface area (Å²) in [5, 5.41) is 3.33. The van der Waals surface area contributed by atoms with Crippen molar-refractivity contribution < 1.29 is 4.79 Å². The maximum Gasteiger partial charge on any atom is 0.225 e. The molecular formula is C22H29N3OS. The molecule has 2 aliphatic rings. The summed E-state index contributed by atoms with van der Waals surface area (Å²) in [6.07, 6.45) is 3.92. The number of rotatable bonds is 3. The summed E-state index contributed by atoms with van der Waals surface area (Å²) >= 11 is 1.72. The van der Waals surface area contributed by atoms with Crippen LogP contribution in [0.15, 0.2) is 35.7 Å². The molecule has 3 heterocycles. The smallest absolute Gasteiger partial charge is 0.225 e. The number of hydrogen-bond acceptors (Lipinski definition) is 4. The van der Waals surface area contributed by atoms with Crippen molar-refractivity contribution in [3.05, 3.63) is 52.0 Å². The molecule has 0 spiro atoms. The molecule has 2 fully saturated rings. The van der Waals surface area contributed by atoms with Gasteiger partial charge in [0.15, 0.2) is 0 Å². The van der Waals surface area contributed by atoms with E-state index in [2.05, 4.69) is 59.5 Å². The molecule has 2 saturated heterocycles. The zero-order chi connectivity index (χ0) is 18.9. The van der Waals surface area contributed by atoms with Crippen LogP contribution in [-0.4, -0.2) is 53.9 Å². The largest absolute Gasteiger partial charge is 0.342 e. The van der Waals surface area contributed by atoms with Crippen LogP contribution >= 0.6 is 11.3 Å². The molecule has 4 rings (SSSR count). The van der Waals surface area contributed by atoms with Crippen molar-refractivity contribution in [1.82, 2.24) is 14.8 Å². The quantitative estimate of drug-likeness (QED) is 0.811. The number of carbonyl (C=O) groups excluding carboxylic acids is 1. The molecule has 27 heavy (non-hydrogen) atoms. The second kappa shape index (κ2) is 7.72. The Hall–Kier alpha value is -1.72. The van der Waals surface area contributed by atoms with Gasteiger partial charge in [-0.25, -0.2) is 4.98 Å². The van der Waals surface area contributed by atoms with Gasteiger partial charge in [-0.05, 0) is 58.3 Å². The van der Waals surface area contributed by atoms with Crippen LogP contribution in [0.1, 0.15) is 41.9 Å². The number of hydrogen-bond donors (Lipinski definition) is 0. The number of carbonyl (C=O) groups is 1. The Morgan fingerprint density at radius 3 is 2.37 bits per heavy atom. The number of thiazole rings is 1. The fourth-order valence-corrected chi connectivity index (χ4v) is 5.37.